The maximum atomic E-state index is 12.2. The fraction of sp³-hybridized carbons (Fsp3) is 0.429. The SMILES string of the molecule is O=C(O)[C@@H]1[C@@H]2C[C@@H]2CN1C(=O)[C@H](O)c1ccccc1. The lowest BCUT2D eigenvalue weighted by Gasteiger charge is -2.26. The number of fused-ring (bicyclic) bond motifs is 1. The Balaban J connectivity index is 1.79. The summed E-state index contributed by atoms with van der Waals surface area (Å²) in [6.07, 6.45) is -0.400. The van der Waals surface area contributed by atoms with Gasteiger partial charge in [0.2, 0.25) is 0 Å². The van der Waals surface area contributed by atoms with Gasteiger partial charge in [0.25, 0.3) is 5.91 Å². The second-order valence-corrected chi connectivity index (χ2v) is 5.25. The molecule has 5 nitrogen and oxygen atoms in total. The van der Waals surface area contributed by atoms with Crippen LogP contribution in [-0.2, 0) is 9.59 Å². The zero-order valence-electron chi connectivity index (χ0n) is 10.3. The summed E-state index contributed by atoms with van der Waals surface area (Å²) in [4.78, 5) is 24.8. The molecule has 1 aliphatic heterocycles. The van der Waals surface area contributed by atoms with E-state index in [1.807, 2.05) is 0 Å². The monoisotopic (exact) mass is 261 g/mol. The first-order valence-corrected chi connectivity index (χ1v) is 6.36. The van der Waals surface area contributed by atoms with E-state index in [-0.39, 0.29) is 5.92 Å². The third-order valence-corrected chi connectivity index (χ3v) is 4.04. The van der Waals surface area contributed by atoms with Crippen molar-refractivity contribution in [2.24, 2.45) is 11.8 Å². The third kappa shape index (κ3) is 2.00. The minimum Gasteiger partial charge on any atom is -0.480 e. The normalized spacial score (nSPS) is 29.7. The van der Waals surface area contributed by atoms with Crippen molar-refractivity contribution in [2.75, 3.05) is 6.54 Å². The molecule has 0 spiro atoms. The van der Waals surface area contributed by atoms with Crippen molar-refractivity contribution in [3.63, 3.8) is 0 Å². The van der Waals surface area contributed by atoms with Crippen LogP contribution in [0, 0.1) is 11.8 Å². The fourth-order valence-corrected chi connectivity index (χ4v) is 2.94. The Morgan fingerprint density at radius 1 is 1.26 bits per heavy atom. The number of amides is 1. The molecular weight excluding hydrogens is 246 g/mol. The molecule has 1 saturated heterocycles. The number of aliphatic hydroxyl groups is 1. The molecule has 4 atom stereocenters. The molecule has 2 aliphatic rings. The predicted octanol–water partition coefficient (Wildman–Crippen LogP) is 0.651. The van der Waals surface area contributed by atoms with Crippen LogP contribution in [0.2, 0.25) is 0 Å². The molecular formula is C14H15NO4. The van der Waals surface area contributed by atoms with Crippen molar-refractivity contribution in [3.05, 3.63) is 35.9 Å². The van der Waals surface area contributed by atoms with Gasteiger partial charge in [0.05, 0.1) is 0 Å². The number of carboxylic acid groups (broad SMARTS) is 1. The number of piperidine rings is 1. The van der Waals surface area contributed by atoms with Crippen molar-refractivity contribution in [2.45, 2.75) is 18.6 Å². The van der Waals surface area contributed by atoms with Crippen LogP contribution >= 0.6 is 0 Å². The minimum atomic E-state index is -1.28. The number of likely N-dealkylation sites (tertiary alicyclic amines) is 1. The first kappa shape index (κ1) is 12.2. The number of carbonyl (C=O) groups excluding carboxylic acids is 1. The maximum Gasteiger partial charge on any atom is 0.326 e. The predicted molar refractivity (Wildman–Crippen MR) is 66.1 cm³/mol. The lowest BCUT2D eigenvalue weighted by atomic mass is 10.1. The molecule has 100 valence electrons. The molecule has 1 heterocycles. The summed E-state index contributed by atoms with van der Waals surface area (Å²) in [5, 5.41) is 19.3. The summed E-state index contributed by atoms with van der Waals surface area (Å²) in [5.74, 6) is -1.11. The van der Waals surface area contributed by atoms with Crippen molar-refractivity contribution in [1.29, 1.82) is 0 Å². The highest BCUT2D eigenvalue weighted by Crippen LogP contribution is 2.50. The van der Waals surface area contributed by atoms with Crippen LogP contribution in [0.15, 0.2) is 30.3 Å². The van der Waals surface area contributed by atoms with Gasteiger partial charge in [-0.15, -0.1) is 0 Å². The number of hydrogen-bond acceptors (Lipinski definition) is 3. The summed E-state index contributed by atoms with van der Waals surface area (Å²) in [6.45, 7) is 0.449. The highest BCUT2D eigenvalue weighted by molar-refractivity contribution is 5.88. The van der Waals surface area contributed by atoms with Gasteiger partial charge >= 0.3 is 5.97 Å². The summed E-state index contributed by atoms with van der Waals surface area (Å²) >= 11 is 0. The molecule has 19 heavy (non-hydrogen) atoms. The second kappa shape index (κ2) is 4.35. The molecule has 1 aromatic carbocycles. The Hall–Kier alpha value is -1.88. The number of aliphatic carboxylic acids is 1. The van der Waals surface area contributed by atoms with Crippen LogP contribution in [0.4, 0.5) is 0 Å². The highest BCUT2D eigenvalue weighted by Gasteiger charge is 2.57. The van der Waals surface area contributed by atoms with Gasteiger partial charge in [-0.3, -0.25) is 4.79 Å². The number of nitrogens with zero attached hydrogens (tertiary/aromatic N) is 1. The van der Waals surface area contributed by atoms with Gasteiger partial charge in [-0.05, 0) is 23.8 Å². The van der Waals surface area contributed by atoms with Gasteiger partial charge in [-0.25, -0.2) is 4.79 Å². The Morgan fingerprint density at radius 2 is 1.95 bits per heavy atom. The lowest BCUT2D eigenvalue weighted by Crippen LogP contribution is -2.45. The quantitative estimate of drug-likeness (QED) is 0.837. The van der Waals surface area contributed by atoms with E-state index in [2.05, 4.69) is 0 Å². The van der Waals surface area contributed by atoms with Gasteiger partial charge in [0, 0.05) is 6.54 Å². The average Bonchev–Trinajstić information content (AvgIpc) is 3.07. The Labute approximate surface area is 110 Å². The zero-order chi connectivity index (χ0) is 13.6. The number of hydrogen-bond donors (Lipinski definition) is 2. The third-order valence-electron chi connectivity index (χ3n) is 4.04. The summed E-state index contributed by atoms with van der Waals surface area (Å²) < 4.78 is 0. The van der Waals surface area contributed by atoms with Crippen molar-refractivity contribution < 1.29 is 19.8 Å². The number of aliphatic hydroxyl groups excluding tert-OH is 1. The number of carbonyl (C=O) groups is 2. The molecule has 1 aliphatic carbocycles. The molecule has 0 bridgehead atoms. The molecule has 0 aromatic heterocycles. The second-order valence-electron chi connectivity index (χ2n) is 5.25. The number of rotatable bonds is 3. The van der Waals surface area contributed by atoms with Crippen molar-refractivity contribution in [1.82, 2.24) is 4.90 Å². The van der Waals surface area contributed by atoms with Gasteiger partial charge in [-0.1, -0.05) is 30.3 Å². The number of benzene rings is 1. The largest absolute Gasteiger partial charge is 0.480 e. The first-order valence-electron chi connectivity index (χ1n) is 6.36. The first-order chi connectivity index (χ1) is 9.09. The fourth-order valence-electron chi connectivity index (χ4n) is 2.94. The molecule has 0 radical (unpaired) electrons. The van der Waals surface area contributed by atoms with Gasteiger partial charge in [-0.2, -0.15) is 0 Å². The Kier molecular flexibility index (Phi) is 2.78. The van der Waals surface area contributed by atoms with Gasteiger partial charge in [0.15, 0.2) is 6.10 Å². The Morgan fingerprint density at radius 3 is 2.58 bits per heavy atom. The van der Waals surface area contributed by atoms with Crippen LogP contribution in [0.5, 0.6) is 0 Å². The van der Waals surface area contributed by atoms with Crippen LogP contribution in [-0.4, -0.2) is 39.6 Å². The van der Waals surface area contributed by atoms with Crippen LogP contribution in [0.25, 0.3) is 0 Å². The van der Waals surface area contributed by atoms with Gasteiger partial charge in [0.1, 0.15) is 6.04 Å². The average molecular weight is 261 g/mol. The molecule has 5 heteroatoms. The van der Waals surface area contributed by atoms with E-state index < -0.39 is 24.0 Å². The molecule has 1 amide bonds. The number of carboxylic acids is 1. The van der Waals surface area contributed by atoms with Crippen molar-refractivity contribution in [3.8, 4) is 0 Å². The van der Waals surface area contributed by atoms with E-state index >= 15 is 0 Å². The topological polar surface area (TPSA) is 77.8 Å². The molecule has 0 unspecified atom stereocenters. The summed E-state index contributed by atoms with van der Waals surface area (Å²) in [5.41, 5.74) is 0.497. The van der Waals surface area contributed by atoms with E-state index in [9.17, 15) is 19.8 Å². The van der Waals surface area contributed by atoms with E-state index in [1.165, 1.54) is 4.90 Å². The van der Waals surface area contributed by atoms with E-state index in [1.54, 1.807) is 30.3 Å². The maximum absolute atomic E-state index is 12.2. The van der Waals surface area contributed by atoms with E-state index in [4.69, 9.17) is 0 Å². The zero-order valence-corrected chi connectivity index (χ0v) is 10.3. The van der Waals surface area contributed by atoms with E-state index in [0.717, 1.165) is 6.42 Å². The lowest BCUT2D eigenvalue weighted by molar-refractivity contribution is -0.153. The van der Waals surface area contributed by atoms with Crippen LogP contribution < -0.4 is 0 Å². The van der Waals surface area contributed by atoms with Crippen LogP contribution in [0.3, 0.4) is 0 Å². The van der Waals surface area contributed by atoms with Gasteiger partial charge < -0.3 is 15.1 Å². The molecule has 3 rings (SSSR count). The molecule has 2 N–H and O–H groups in total. The van der Waals surface area contributed by atoms with E-state index in [0.29, 0.717) is 18.0 Å². The van der Waals surface area contributed by atoms with Crippen LogP contribution in [0.1, 0.15) is 18.1 Å². The Bertz CT molecular complexity index is 515. The minimum absolute atomic E-state index is 0.0735. The molecule has 1 aromatic rings. The molecule has 2 fully saturated rings. The summed E-state index contributed by atoms with van der Waals surface area (Å²) in [6, 6.07) is 7.83. The highest BCUT2D eigenvalue weighted by atomic mass is 16.4. The smallest absolute Gasteiger partial charge is 0.326 e. The standard InChI is InChI=1S/C14H15NO4/c16-12(8-4-2-1-3-5-8)13(17)15-7-9-6-10(9)11(15)14(18)19/h1-5,9-12,16H,6-7H2,(H,18,19)/t9-,10-,11+,12-/m1/s1. The van der Waals surface area contributed by atoms with Crippen molar-refractivity contribution >= 4 is 11.9 Å². The summed E-state index contributed by atoms with van der Waals surface area (Å²) in [7, 11) is 0. The molecule has 1 saturated carbocycles.